The molecule has 8 nitrogen and oxygen atoms in total. The van der Waals surface area contributed by atoms with E-state index >= 15 is 0 Å². The molecule has 1 aliphatic heterocycles. The summed E-state index contributed by atoms with van der Waals surface area (Å²) in [6.45, 7) is 11.1. The number of benzene rings is 1. The van der Waals surface area contributed by atoms with Gasteiger partial charge in [0.15, 0.2) is 23.7 Å². The lowest BCUT2D eigenvalue weighted by atomic mass is 10.1. The monoisotopic (exact) mass is 423 g/mol. The van der Waals surface area contributed by atoms with Gasteiger partial charge in [0.05, 0.1) is 0 Å². The number of nitrogens with zero attached hydrogens (tertiary/aromatic N) is 5. The second-order valence-electron chi connectivity index (χ2n) is 8.59. The first-order valence-electron chi connectivity index (χ1n) is 10.8. The number of carbonyl (C=O) groups excluding carboxylic acids is 1. The minimum Gasteiger partial charge on any atom is -0.443 e. The molecule has 1 atom stereocenters. The summed E-state index contributed by atoms with van der Waals surface area (Å²) in [6, 6.07) is 7.74. The van der Waals surface area contributed by atoms with Gasteiger partial charge in [-0.3, -0.25) is 9.69 Å². The maximum Gasteiger partial charge on any atom is 0.276 e. The molecule has 1 amide bonds. The Hall–Kier alpha value is -3.00. The number of oxazole rings is 1. The number of aromatic nitrogens is 3. The molecule has 0 spiro atoms. The lowest BCUT2D eigenvalue weighted by molar-refractivity contribution is 0.0704. The van der Waals surface area contributed by atoms with E-state index in [1.165, 1.54) is 6.39 Å². The van der Waals surface area contributed by atoms with Crippen LogP contribution in [0.5, 0.6) is 0 Å². The predicted octanol–water partition coefficient (Wildman–Crippen LogP) is 3.89. The van der Waals surface area contributed by atoms with Gasteiger partial charge in [0.2, 0.25) is 5.89 Å². The summed E-state index contributed by atoms with van der Waals surface area (Å²) in [5.74, 6) is 1.99. The Labute approximate surface area is 182 Å². The van der Waals surface area contributed by atoms with E-state index in [-0.39, 0.29) is 11.9 Å². The van der Waals surface area contributed by atoms with E-state index < -0.39 is 0 Å². The van der Waals surface area contributed by atoms with Crippen LogP contribution in [0.3, 0.4) is 0 Å². The molecule has 2 aromatic heterocycles. The molecule has 1 fully saturated rings. The average molecular weight is 424 g/mol. The van der Waals surface area contributed by atoms with Gasteiger partial charge in [0.25, 0.3) is 5.91 Å². The van der Waals surface area contributed by atoms with Crippen LogP contribution in [0.1, 0.15) is 54.1 Å². The Morgan fingerprint density at radius 2 is 2.10 bits per heavy atom. The fourth-order valence-electron chi connectivity index (χ4n) is 4.13. The summed E-state index contributed by atoms with van der Waals surface area (Å²) in [7, 11) is 0. The maximum absolute atomic E-state index is 13.5. The van der Waals surface area contributed by atoms with Gasteiger partial charge in [-0.05, 0) is 32.3 Å². The van der Waals surface area contributed by atoms with Crippen molar-refractivity contribution in [3.63, 3.8) is 0 Å². The molecule has 4 rings (SSSR count). The van der Waals surface area contributed by atoms with Crippen molar-refractivity contribution in [1.82, 2.24) is 24.9 Å². The Kier molecular flexibility index (Phi) is 6.18. The molecule has 1 unspecified atom stereocenters. The highest BCUT2D eigenvalue weighted by Gasteiger charge is 2.34. The van der Waals surface area contributed by atoms with E-state index in [9.17, 15) is 4.79 Å². The highest BCUT2D eigenvalue weighted by Crippen LogP contribution is 2.29. The number of hydrogen-bond donors (Lipinski definition) is 0. The van der Waals surface area contributed by atoms with Crippen LogP contribution in [0.2, 0.25) is 0 Å². The topological polar surface area (TPSA) is 88.5 Å². The molecule has 3 heterocycles. The minimum atomic E-state index is -0.149. The zero-order valence-corrected chi connectivity index (χ0v) is 18.5. The van der Waals surface area contributed by atoms with E-state index in [2.05, 4.69) is 33.9 Å². The second-order valence-corrected chi connectivity index (χ2v) is 8.59. The maximum atomic E-state index is 13.5. The summed E-state index contributed by atoms with van der Waals surface area (Å²) in [5, 5.41) is 3.97. The van der Waals surface area contributed by atoms with Crippen molar-refractivity contribution in [2.24, 2.45) is 5.92 Å². The molecule has 0 aliphatic carbocycles. The van der Waals surface area contributed by atoms with Crippen LogP contribution in [-0.2, 0) is 0 Å². The predicted molar refractivity (Wildman–Crippen MR) is 115 cm³/mol. The molecule has 0 N–H and O–H groups in total. The zero-order chi connectivity index (χ0) is 22.0. The third kappa shape index (κ3) is 4.69. The standard InChI is InChI=1S/C23H29N5O3/c1-15(2)12-27-9-6-10-28(13-19(27)22-25-17(4)26-31-22)23(29)20-21(30-14-24-20)18-8-5-7-16(3)11-18/h5,7-8,11,14-15,19H,6,9-10,12-13H2,1-4H3. The highest BCUT2D eigenvalue weighted by molar-refractivity contribution is 5.97. The first kappa shape index (κ1) is 21.2. The highest BCUT2D eigenvalue weighted by atomic mass is 16.5. The van der Waals surface area contributed by atoms with Crippen molar-refractivity contribution >= 4 is 5.91 Å². The zero-order valence-electron chi connectivity index (χ0n) is 18.5. The van der Waals surface area contributed by atoms with Crippen molar-refractivity contribution in [3.05, 3.63) is 53.6 Å². The van der Waals surface area contributed by atoms with Crippen LogP contribution < -0.4 is 0 Å². The molecular weight excluding hydrogens is 394 g/mol. The Morgan fingerprint density at radius 1 is 1.26 bits per heavy atom. The van der Waals surface area contributed by atoms with Gasteiger partial charge in [-0.25, -0.2) is 4.98 Å². The number of hydrogen-bond acceptors (Lipinski definition) is 7. The molecule has 1 saturated heterocycles. The Bertz CT molecular complexity index is 1040. The van der Waals surface area contributed by atoms with Gasteiger partial charge >= 0.3 is 0 Å². The smallest absolute Gasteiger partial charge is 0.276 e. The SMILES string of the molecule is Cc1cccc(-c2ocnc2C(=O)N2CCCN(CC(C)C)C(c3nc(C)no3)C2)c1. The lowest BCUT2D eigenvalue weighted by Gasteiger charge is -2.30. The molecule has 1 aromatic carbocycles. The molecule has 3 aromatic rings. The first-order chi connectivity index (χ1) is 14.9. The summed E-state index contributed by atoms with van der Waals surface area (Å²) < 4.78 is 11.1. The van der Waals surface area contributed by atoms with Crippen LogP contribution in [0.4, 0.5) is 0 Å². The van der Waals surface area contributed by atoms with E-state index in [4.69, 9.17) is 8.94 Å². The normalized spacial score (nSPS) is 17.8. The van der Waals surface area contributed by atoms with E-state index in [1.807, 2.05) is 43.0 Å². The van der Waals surface area contributed by atoms with E-state index in [0.717, 1.165) is 30.6 Å². The van der Waals surface area contributed by atoms with Gasteiger partial charge in [0.1, 0.15) is 6.04 Å². The van der Waals surface area contributed by atoms with Gasteiger partial charge in [-0.2, -0.15) is 4.98 Å². The molecular formula is C23H29N5O3. The largest absolute Gasteiger partial charge is 0.443 e. The lowest BCUT2D eigenvalue weighted by Crippen LogP contribution is -2.39. The fraction of sp³-hybridized carbons (Fsp3) is 0.478. The van der Waals surface area contributed by atoms with Gasteiger partial charge < -0.3 is 13.8 Å². The quantitative estimate of drug-likeness (QED) is 0.615. The molecule has 8 heteroatoms. The van der Waals surface area contributed by atoms with Crippen molar-refractivity contribution in [3.8, 4) is 11.3 Å². The van der Waals surface area contributed by atoms with Crippen molar-refractivity contribution in [1.29, 1.82) is 0 Å². The minimum absolute atomic E-state index is 0.141. The van der Waals surface area contributed by atoms with Gasteiger partial charge in [-0.15, -0.1) is 0 Å². The summed E-state index contributed by atoms with van der Waals surface area (Å²) in [6.07, 6.45) is 2.20. The van der Waals surface area contributed by atoms with Gasteiger partial charge in [-0.1, -0.05) is 42.8 Å². The first-order valence-corrected chi connectivity index (χ1v) is 10.8. The molecule has 0 saturated carbocycles. The van der Waals surface area contributed by atoms with Crippen molar-refractivity contribution < 1.29 is 13.7 Å². The Morgan fingerprint density at radius 3 is 2.81 bits per heavy atom. The van der Waals surface area contributed by atoms with Gasteiger partial charge in [0, 0.05) is 31.7 Å². The van der Waals surface area contributed by atoms with Crippen molar-refractivity contribution in [2.45, 2.75) is 40.2 Å². The summed E-state index contributed by atoms with van der Waals surface area (Å²) >= 11 is 0. The average Bonchev–Trinajstić information content (AvgIpc) is 3.33. The van der Waals surface area contributed by atoms with Crippen LogP contribution in [0.15, 0.2) is 39.6 Å². The van der Waals surface area contributed by atoms with Crippen LogP contribution in [0, 0.1) is 19.8 Å². The molecule has 164 valence electrons. The third-order valence-electron chi connectivity index (χ3n) is 5.47. The summed E-state index contributed by atoms with van der Waals surface area (Å²) in [4.78, 5) is 26.4. The molecule has 0 bridgehead atoms. The summed E-state index contributed by atoms with van der Waals surface area (Å²) in [5.41, 5.74) is 2.28. The second kappa shape index (κ2) is 9.01. The number of rotatable bonds is 5. The Balaban J connectivity index is 1.62. The number of carbonyl (C=O) groups is 1. The van der Waals surface area contributed by atoms with Crippen LogP contribution in [-0.4, -0.2) is 57.0 Å². The van der Waals surface area contributed by atoms with E-state index in [0.29, 0.717) is 42.2 Å². The molecule has 31 heavy (non-hydrogen) atoms. The molecule has 0 radical (unpaired) electrons. The van der Waals surface area contributed by atoms with Crippen LogP contribution in [0.25, 0.3) is 11.3 Å². The van der Waals surface area contributed by atoms with E-state index in [1.54, 1.807) is 0 Å². The number of aryl methyl sites for hydroxylation is 2. The van der Waals surface area contributed by atoms with Crippen molar-refractivity contribution in [2.75, 3.05) is 26.2 Å². The fourth-order valence-corrected chi connectivity index (χ4v) is 4.13. The molecule has 1 aliphatic rings. The van der Waals surface area contributed by atoms with Crippen LogP contribution >= 0.6 is 0 Å². The number of amides is 1. The third-order valence-corrected chi connectivity index (χ3v) is 5.47.